The molecule has 0 aromatic heterocycles. The third kappa shape index (κ3) is 3.53. The molecule has 4 unspecified atom stereocenters. The second kappa shape index (κ2) is 7.76. The van der Waals surface area contributed by atoms with Gasteiger partial charge in [-0.15, -0.1) is 11.8 Å². The molecule has 2 amide bonds. The van der Waals surface area contributed by atoms with E-state index in [1.165, 1.54) is 22.6 Å². The van der Waals surface area contributed by atoms with E-state index in [4.69, 9.17) is 0 Å². The number of carbonyl (C=O) groups is 2. The van der Waals surface area contributed by atoms with Crippen LogP contribution >= 0.6 is 11.8 Å². The lowest BCUT2D eigenvalue weighted by Crippen LogP contribution is -2.45. The summed E-state index contributed by atoms with van der Waals surface area (Å²) in [5.74, 6) is 1.05. The summed E-state index contributed by atoms with van der Waals surface area (Å²) in [6.45, 7) is 1.75. The molecule has 1 aromatic carbocycles. The summed E-state index contributed by atoms with van der Waals surface area (Å²) >= 11 is 1.92. The number of fused-ring (bicyclic) bond motifs is 5. The van der Waals surface area contributed by atoms with E-state index in [1.807, 2.05) is 17.8 Å². The van der Waals surface area contributed by atoms with Crippen molar-refractivity contribution in [3.8, 4) is 0 Å². The smallest absolute Gasteiger partial charge is 0.233 e. The third-order valence-electron chi connectivity index (χ3n) is 6.88. The van der Waals surface area contributed by atoms with Crippen LogP contribution in [0.2, 0.25) is 0 Å². The van der Waals surface area contributed by atoms with Crippen molar-refractivity contribution in [2.24, 2.45) is 28.7 Å². The molecule has 30 heavy (non-hydrogen) atoms. The van der Waals surface area contributed by atoms with Crippen LogP contribution in [-0.4, -0.2) is 54.1 Å². The van der Waals surface area contributed by atoms with Gasteiger partial charge in [-0.25, -0.2) is 0 Å². The summed E-state index contributed by atoms with van der Waals surface area (Å²) in [4.78, 5) is 32.6. The first-order valence-electron chi connectivity index (χ1n) is 10.8. The Labute approximate surface area is 181 Å². The first-order chi connectivity index (χ1) is 14.6. The normalized spacial score (nSPS) is 30.7. The zero-order valence-electron chi connectivity index (χ0n) is 17.2. The Kier molecular flexibility index (Phi) is 5.09. The molecular formula is C23H28N4O2S. The molecular weight excluding hydrogens is 396 g/mol. The van der Waals surface area contributed by atoms with E-state index in [2.05, 4.69) is 52.0 Å². The van der Waals surface area contributed by atoms with E-state index in [0.717, 1.165) is 18.9 Å². The number of benzene rings is 1. The first-order valence-corrected chi connectivity index (χ1v) is 11.6. The van der Waals surface area contributed by atoms with Gasteiger partial charge in [-0.2, -0.15) is 0 Å². The lowest BCUT2D eigenvalue weighted by Gasteiger charge is -2.20. The van der Waals surface area contributed by atoms with Crippen LogP contribution in [0.5, 0.6) is 0 Å². The fraction of sp³-hybridized carbons (Fsp3) is 0.522. The Bertz CT molecular complexity index is 866. The monoisotopic (exact) mass is 424 g/mol. The zero-order chi connectivity index (χ0) is 20.7. The van der Waals surface area contributed by atoms with Gasteiger partial charge in [-0.05, 0) is 43.2 Å². The number of thioether (sulfide) groups is 1. The van der Waals surface area contributed by atoms with Gasteiger partial charge in [0, 0.05) is 36.3 Å². The van der Waals surface area contributed by atoms with Crippen LogP contribution in [0.25, 0.3) is 0 Å². The number of nitrogens with zero attached hydrogens (tertiary/aromatic N) is 2. The third-order valence-corrected chi connectivity index (χ3v) is 8.37. The molecule has 2 saturated carbocycles. The van der Waals surface area contributed by atoms with E-state index < -0.39 is 0 Å². The number of guanidine groups is 1. The Balaban J connectivity index is 1.10. The quantitative estimate of drug-likeness (QED) is 0.304. The van der Waals surface area contributed by atoms with Crippen molar-refractivity contribution in [3.63, 3.8) is 0 Å². The minimum Gasteiger partial charge on any atom is -0.355 e. The SMILES string of the molecule is CN=C(NCCN1C(=O)C2C3C=CC(C3)C2C1=O)NCC1(Sc2ccccc2)CC1. The van der Waals surface area contributed by atoms with Crippen LogP contribution in [0.15, 0.2) is 52.4 Å². The number of aliphatic imine (C=N–C) groups is 1. The standard InChI is InChI=1S/C23H28N4O2S/c1-24-22(26-14-23(9-10-23)30-17-5-3-2-4-6-17)25-11-12-27-20(28)18-15-7-8-16(13-15)19(18)21(27)29/h2-8,15-16,18-19H,9-14H2,1H3,(H2,24,25,26). The number of nitrogens with one attached hydrogen (secondary N) is 2. The second-order valence-corrected chi connectivity index (χ2v) is 10.3. The van der Waals surface area contributed by atoms with Crippen LogP contribution in [0.3, 0.4) is 0 Å². The molecule has 158 valence electrons. The van der Waals surface area contributed by atoms with Crippen molar-refractivity contribution in [2.75, 3.05) is 26.7 Å². The predicted octanol–water partition coefficient (Wildman–Crippen LogP) is 2.28. The van der Waals surface area contributed by atoms with Crippen LogP contribution in [0.1, 0.15) is 19.3 Å². The van der Waals surface area contributed by atoms with Crippen molar-refractivity contribution >= 4 is 29.5 Å². The molecule has 0 radical (unpaired) electrons. The fourth-order valence-electron chi connectivity index (χ4n) is 5.13. The van der Waals surface area contributed by atoms with Gasteiger partial charge in [0.25, 0.3) is 0 Å². The van der Waals surface area contributed by atoms with Gasteiger partial charge in [0.1, 0.15) is 0 Å². The highest BCUT2D eigenvalue weighted by molar-refractivity contribution is 8.01. The largest absolute Gasteiger partial charge is 0.355 e. The van der Waals surface area contributed by atoms with Gasteiger partial charge in [0.15, 0.2) is 5.96 Å². The average molecular weight is 425 g/mol. The van der Waals surface area contributed by atoms with E-state index in [9.17, 15) is 9.59 Å². The Hall–Kier alpha value is -2.28. The Morgan fingerprint density at radius 2 is 1.77 bits per heavy atom. The molecule has 2 N–H and O–H groups in total. The summed E-state index contributed by atoms with van der Waals surface area (Å²) in [5, 5.41) is 6.70. The van der Waals surface area contributed by atoms with Crippen molar-refractivity contribution in [1.82, 2.24) is 15.5 Å². The average Bonchev–Trinajstić information content (AvgIpc) is 3.10. The molecule has 6 nitrogen and oxygen atoms in total. The highest BCUT2D eigenvalue weighted by Gasteiger charge is 2.58. The second-order valence-electron chi connectivity index (χ2n) is 8.78. The summed E-state index contributed by atoms with van der Waals surface area (Å²) in [6.07, 6.45) is 7.61. The van der Waals surface area contributed by atoms with Gasteiger partial charge in [0.05, 0.1) is 11.8 Å². The molecule has 1 heterocycles. The van der Waals surface area contributed by atoms with Crippen molar-refractivity contribution in [3.05, 3.63) is 42.5 Å². The van der Waals surface area contributed by atoms with E-state index in [-0.39, 0.29) is 40.2 Å². The maximum Gasteiger partial charge on any atom is 0.233 e. The molecule has 1 saturated heterocycles. The molecule has 1 aromatic rings. The van der Waals surface area contributed by atoms with Crippen LogP contribution in [-0.2, 0) is 9.59 Å². The number of amides is 2. The molecule has 3 fully saturated rings. The molecule has 2 bridgehead atoms. The zero-order valence-corrected chi connectivity index (χ0v) is 18.0. The number of rotatable bonds is 7. The number of hydrogen-bond donors (Lipinski definition) is 2. The van der Waals surface area contributed by atoms with Crippen molar-refractivity contribution in [2.45, 2.75) is 28.9 Å². The van der Waals surface area contributed by atoms with Crippen molar-refractivity contribution in [1.29, 1.82) is 0 Å². The topological polar surface area (TPSA) is 73.8 Å². The molecule has 7 heteroatoms. The van der Waals surface area contributed by atoms with Crippen LogP contribution < -0.4 is 10.6 Å². The van der Waals surface area contributed by atoms with Gasteiger partial charge in [-0.3, -0.25) is 19.5 Å². The van der Waals surface area contributed by atoms with E-state index in [0.29, 0.717) is 13.1 Å². The Morgan fingerprint density at radius 1 is 1.10 bits per heavy atom. The molecule has 3 aliphatic carbocycles. The Morgan fingerprint density at radius 3 is 2.37 bits per heavy atom. The van der Waals surface area contributed by atoms with Crippen molar-refractivity contribution < 1.29 is 9.59 Å². The lowest BCUT2D eigenvalue weighted by atomic mass is 9.85. The maximum atomic E-state index is 12.8. The van der Waals surface area contributed by atoms with Gasteiger partial charge >= 0.3 is 0 Å². The molecule has 4 atom stereocenters. The number of imide groups is 1. The summed E-state index contributed by atoms with van der Waals surface area (Å²) in [6, 6.07) is 10.5. The van der Waals surface area contributed by atoms with Gasteiger partial charge in [0.2, 0.25) is 11.8 Å². The van der Waals surface area contributed by atoms with Gasteiger partial charge in [-0.1, -0.05) is 30.4 Å². The minimum atomic E-state index is -0.116. The molecule has 4 aliphatic rings. The molecule has 1 aliphatic heterocycles. The number of allylic oxidation sites excluding steroid dienone is 2. The van der Waals surface area contributed by atoms with Crippen LogP contribution in [0, 0.1) is 23.7 Å². The number of carbonyl (C=O) groups excluding carboxylic acids is 2. The summed E-state index contributed by atoms with van der Waals surface area (Å²) in [5.41, 5.74) is 0. The first kappa shape index (κ1) is 19.7. The maximum absolute atomic E-state index is 12.8. The minimum absolute atomic E-state index is 0.0165. The fourth-order valence-corrected chi connectivity index (χ4v) is 6.37. The van der Waals surface area contributed by atoms with Crippen LogP contribution in [0.4, 0.5) is 0 Å². The van der Waals surface area contributed by atoms with E-state index >= 15 is 0 Å². The predicted molar refractivity (Wildman–Crippen MR) is 118 cm³/mol. The number of likely N-dealkylation sites (tertiary alicyclic amines) is 1. The number of hydrogen-bond acceptors (Lipinski definition) is 4. The molecule has 5 rings (SSSR count). The highest BCUT2D eigenvalue weighted by atomic mass is 32.2. The lowest BCUT2D eigenvalue weighted by molar-refractivity contribution is -0.140. The summed E-state index contributed by atoms with van der Waals surface area (Å²) < 4.78 is 0.226. The van der Waals surface area contributed by atoms with E-state index in [1.54, 1.807) is 7.05 Å². The molecule has 0 spiro atoms. The highest BCUT2D eigenvalue weighted by Crippen LogP contribution is 2.52. The summed E-state index contributed by atoms with van der Waals surface area (Å²) in [7, 11) is 1.75. The van der Waals surface area contributed by atoms with Gasteiger partial charge < -0.3 is 10.6 Å².